The van der Waals surface area contributed by atoms with Crippen LogP contribution in [0.3, 0.4) is 0 Å². The molecule has 0 saturated heterocycles. The van der Waals surface area contributed by atoms with E-state index < -0.39 is 0 Å². The Balaban J connectivity index is 2.28. The van der Waals surface area contributed by atoms with Gasteiger partial charge in [0, 0.05) is 38.1 Å². The van der Waals surface area contributed by atoms with Crippen molar-refractivity contribution in [1.82, 2.24) is 10.3 Å². The first-order valence-corrected chi connectivity index (χ1v) is 6.79. The van der Waals surface area contributed by atoms with Crippen molar-refractivity contribution in [1.29, 1.82) is 0 Å². The van der Waals surface area contributed by atoms with Gasteiger partial charge in [-0.15, -0.1) is 11.3 Å². The zero-order valence-corrected chi connectivity index (χ0v) is 11.3. The van der Waals surface area contributed by atoms with Gasteiger partial charge < -0.3 is 10.1 Å². The van der Waals surface area contributed by atoms with Crippen molar-refractivity contribution in [2.75, 3.05) is 13.7 Å². The van der Waals surface area contributed by atoms with Gasteiger partial charge >= 0.3 is 0 Å². The van der Waals surface area contributed by atoms with Crippen LogP contribution in [0.2, 0.25) is 0 Å². The van der Waals surface area contributed by atoms with Crippen molar-refractivity contribution in [2.45, 2.75) is 45.7 Å². The summed E-state index contributed by atoms with van der Waals surface area (Å²) in [4.78, 5) is 4.59. The maximum atomic E-state index is 5.03. The molecule has 1 aromatic heterocycles. The molecule has 0 saturated carbocycles. The zero-order chi connectivity index (χ0) is 11.8. The van der Waals surface area contributed by atoms with Gasteiger partial charge in [0.1, 0.15) is 0 Å². The molecule has 1 N–H and O–H groups in total. The number of aromatic nitrogens is 1. The van der Waals surface area contributed by atoms with Gasteiger partial charge in [-0.3, -0.25) is 0 Å². The highest BCUT2D eigenvalue weighted by atomic mass is 32.1. The van der Waals surface area contributed by atoms with Crippen LogP contribution in [0.15, 0.2) is 5.38 Å². The fraction of sp³-hybridized carbons (Fsp3) is 0.750. The maximum absolute atomic E-state index is 5.03. The second kappa shape index (κ2) is 7.76. The molecule has 1 heterocycles. The standard InChI is InChI=1S/C12H22N2OS/c1-4-10(2)13-8-11-9-16-12(14-11)6-5-7-15-3/h9-10,13H,4-8H2,1-3H3. The van der Waals surface area contributed by atoms with Gasteiger partial charge in [0.15, 0.2) is 0 Å². The Bertz CT molecular complexity index is 288. The van der Waals surface area contributed by atoms with Crippen molar-refractivity contribution in [3.05, 3.63) is 16.1 Å². The van der Waals surface area contributed by atoms with Crippen LogP contribution in [0.4, 0.5) is 0 Å². The summed E-state index contributed by atoms with van der Waals surface area (Å²) in [6, 6.07) is 0.568. The maximum Gasteiger partial charge on any atom is 0.0929 e. The largest absolute Gasteiger partial charge is 0.385 e. The van der Waals surface area contributed by atoms with E-state index in [0.29, 0.717) is 6.04 Å². The van der Waals surface area contributed by atoms with Gasteiger partial charge in [-0.1, -0.05) is 6.92 Å². The molecule has 0 amide bonds. The van der Waals surface area contributed by atoms with Crippen molar-refractivity contribution in [3.8, 4) is 0 Å². The molecule has 0 aliphatic rings. The van der Waals surface area contributed by atoms with E-state index in [4.69, 9.17) is 4.74 Å². The monoisotopic (exact) mass is 242 g/mol. The minimum atomic E-state index is 0.568. The number of rotatable bonds is 8. The van der Waals surface area contributed by atoms with E-state index in [0.717, 1.165) is 38.1 Å². The van der Waals surface area contributed by atoms with Crippen LogP contribution in [0.25, 0.3) is 0 Å². The Kier molecular flexibility index (Phi) is 6.61. The third-order valence-electron chi connectivity index (χ3n) is 2.58. The molecule has 0 bridgehead atoms. The molecule has 4 heteroatoms. The highest BCUT2D eigenvalue weighted by molar-refractivity contribution is 7.09. The third kappa shape index (κ3) is 5.05. The second-order valence-electron chi connectivity index (χ2n) is 4.02. The highest BCUT2D eigenvalue weighted by Gasteiger charge is 2.03. The van der Waals surface area contributed by atoms with Crippen LogP contribution in [0, 0.1) is 0 Å². The quantitative estimate of drug-likeness (QED) is 0.712. The van der Waals surface area contributed by atoms with E-state index in [1.807, 2.05) is 0 Å². The summed E-state index contributed by atoms with van der Waals surface area (Å²) in [6.07, 6.45) is 3.24. The molecule has 0 aromatic carbocycles. The van der Waals surface area contributed by atoms with Crippen LogP contribution in [0.1, 0.15) is 37.4 Å². The van der Waals surface area contributed by atoms with Gasteiger partial charge in [-0.05, 0) is 19.8 Å². The van der Waals surface area contributed by atoms with Crippen LogP contribution < -0.4 is 5.32 Å². The van der Waals surface area contributed by atoms with E-state index in [9.17, 15) is 0 Å². The van der Waals surface area contributed by atoms with E-state index in [2.05, 4.69) is 29.5 Å². The Morgan fingerprint density at radius 1 is 1.56 bits per heavy atom. The molecular weight excluding hydrogens is 220 g/mol. The Labute approximate surface area is 102 Å². The lowest BCUT2D eigenvalue weighted by Gasteiger charge is -2.08. The number of ether oxygens (including phenoxy) is 1. The summed E-state index contributed by atoms with van der Waals surface area (Å²) in [6.45, 7) is 6.09. The number of hydrogen-bond acceptors (Lipinski definition) is 4. The summed E-state index contributed by atoms with van der Waals surface area (Å²) in [5, 5.41) is 6.82. The molecule has 1 rings (SSSR count). The van der Waals surface area contributed by atoms with Crippen LogP contribution in [-0.2, 0) is 17.7 Å². The summed E-state index contributed by atoms with van der Waals surface area (Å²) in [5.41, 5.74) is 1.16. The lowest BCUT2D eigenvalue weighted by Crippen LogP contribution is -2.24. The average Bonchev–Trinajstić information content (AvgIpc) is 2.74. The van der Waals surface area contributed by atoms with E-state index in [-0.39, 0.29) is 0 Å². The molecule has 1 unspecified atom stereocenters. The van der Waals surface area contributed by atoms with Gasteiger partial charge in [0.25, 0.3) is 0 Å². The third-order valence-corrected chi connectivity index (χ3v) is 3.54. The number of aryl methyl sites for hydroxylation is 1. The van der Waals surface area contributed by atoms with Crippen LogP contribution in [0.5, 0.6) is 0 Å². The topological polar surface area (TPSA) is 34.1 Å². The summed E-state index contributed by atoms with van der Waals surface area (Å²) >= 11 is 1.75. The summed E-state index contributed by atoms with van der Waals surface area (Å²) in [7, 11) is 1.74. The number of nitrogens with zero attached hydrogens (tertiary/aromatic N) is 1. The first-order valence-electron chi connectivity index (χ1n) is 5.91. The predicted molar refractivity (Wildman–Crippen MR) is 68.9 cm³/mol. The van der Waals surface area contributed by atoms with Crippen LogP contribution in [-0.4, -0.2) is 24.7 Å². The minimum absolute atomic E-state index is 0.568. The predicted octanol–water partition coefficient (Wildman–Crippen LogP) is 2.61. The first kappa shape index (κ1) is 13.6. The van der Waals surface area contributed by atoms with Gasteiger partial charge in [0.2, 0.25) is 0 Å². The molecular formula is C12H22N2OS. The lowest BCUT2D eigenvalue weighted by molar-refractivity contribution is 0.195. The summed E-state index contributed by atoms with van der Waals surface area (Å²) < 4.78 is 5.03. The fourth-order valence-corrected chi connectivity index (χ4v) is 2.18. The molecule has 16 heavy (non-hydrogen) atoms. The molecule has 92 valence electrons. The van der Waals surface area contributed by atoms with E-state index in [1.54, 1.807) is 18.4 Å². The van der Waals surface area contributed by atoms with Crippen molar-refractivity contribution in [2.24, 2.45) is 0 Å². The number of methoxy groups -OCH3 is 1. The molecule has 0 fully saturated rings. The van der Waals surface area contributed by atoms with E-state index >= 15 is 0 Å². The molecule has 0 radical (unpaired) electrons. The second-order valence-corrected chi connectivity index (χ2v) is 4.96. The van der Waals surface area contributed by atoms with E-state index in [1.165, 1.54) is 5.01 Å². The minimum Gasteiger partial charge on any atom is -0.385 e. The smallest absolute Gasteiger partial charge is 0.0929 e. The Morgan fingerprint density at radius 3 is 3.06 bits per heavy atom. The van der Waals surface area contributed by atoms with Crippen molar-refractivity contribution < 1.29 is 4.74 Å². The van der Waals surface area contributed by atoms with Gasteiger partial charge in [0.05, 0.1) is 10.7 Å². The molecule has 0 spiro atoms. The highest BCUT2D eigenvalue weighted by Crippen LogP contribution is 2.12. The van der Waals surface area contributed by atoms with Gasteiger partial charge in [-0.2, -0.15) is 0 Å². The fourth-order valence-electron chi connectivity index (χ4n) is 1.34. The molecule has 1 aromatic rings. The van der Waals surface area contributed by atoms with Crippen molar-refractivity contribution in [3.63, 3.8) is 0 Å². The number of nitrogens with one attached hydrogen (secondary N) is 1. The average molecular weight is 242 g/mol. The Hall–Kier alpha value is -0.450. The van der Waals surface area contributed by atoms with Crippen LogP contribution >= 0.6 is 11.3 Å². The van der Waals surface area contributed by atoms with Crippen molar-refractivity contribution >= 4 is 11.3 Å². The summed E-state index contributed by atoms with van der Waals surface area (Å²) in [5.74, 6) is 0. The SMILES string of the molecule is CCC(C)NCc1csc(CCCOC)n1. The molecule has 0 aliphatic heterocycles. The number of thiazole rings is 1. The molecule has 3 nitrogen and oxygen atoms in total. The zero-order valence-electron chi connectivity index (χ0n) is 10.5. The molecule has 0 aliphatic carbocycles. The lowest BCUT2D eigenvalue weighted by atomic mass is 10.2. The molecule has 1 atom stereocenters. The van der Waals surface area contributed by atoms with Gasteiger partial charge in [-0.25, -0.2) is 4.98 Å². The number of hydrogen-bond donors (Lipinski definition) is 1. The first-order chi connectivity index (χ1) is 7.76. The normalized spacial score (nSPS) is 12.9. The Morgan fingerprint density at radius 2 is 2.38 bits per heavy atom.